The van der Waals surface area contributed by atoms with Gasteiger partial charge in [-0.05, 0) is 52.9 Å². The second-order valence-corrected chi connectivity index (χ2v) is 7.38. The van der Waals surface area contributed by atoms with Gasteiger partial charge < -0.3 is 0 Å². The second kappa shape index (κ2) is 6.72. The molecule has 0 aliphatic carbocycles. The van der Waals surface area contributed by atoms with Crippen molar-refractivity contribution < 1.29 is 8.42 Å². The maximum Gasteiger partial charge on any atom is 0.240 e. The number of nitrogens with one attached hydrogen (secondary N) is 1. The van der Waals surface area contributed by atoms with Crippen LogP contribution in [0.25, 0.3) is 0 Å². The van der Waals surface area contributed by atoms with Crippen molar-refractivity contribution in [2.24, 2.45) is 0 Å². The first-order valence-electron chi connectivity index (χ1n) is 6.19. The molecule has 20 heavy (non-hydrogen) atoms. The highest BCUT2D eigenvalue weighted by atomic mass is 35.5. The van der Waals surface area contributed by atoms with Gasteiger partial charge in [0.25, 0.3) is 0 Å². The quantitative estimate of drug-likeness (QED) is 0.826. The Bertz CT molecular complexity index is 663. The number of hydrogen-bond donors (Lipinski definition) is 1. The minimum atomic E-state index is -3.46. The molecule has 0 amide bonds. The SMILES string of the molecule is Cc1cscc1CNS(=O)(=O)c1ccc(CCCl)cc1. The van der Waals surface area contributed by atoms with Crippen LogP contribution >= 0.6 is 22.9 Å². The molecule has 0 unspecified atom stereocenters. The molecule has 0 spiro atoms. The van der Waals surface area contributed by atoms with Crippen LogP contribution in [0.1, 0.15) is 16.7 Å². The van der Waals surface area contributed by atoms with Gasteiger partial charge in [-0.2, -0.15) is 11.3 Å². The molecule has 1 aromatic heterocycles. The largest absolute Gasteiger partial charge is 0.240 e. The molecule has 0 saturated carbocycles. The molecular formula is C14H16ClNO2S2. The van der Waals surface area contributed by atoms with E-state index >= 15 is 0 Å². The van der Waals surface area contributed by atoms with Gasteiger partial charge in [-0.3, -0.25) is 0 Å². The van der Waals surface area contributed by atoms with Crippen LogP contribution in [0.2, 0.25) is 0 Å². The number of hydrogen-bond acceptors (Lipinski definition) is 3. The summed E-state index contributed by atoms with van der Waals surface area (Å²) in [7, 11) is -3.46. The lowest BCUT2D eigenvalue weighted by Crippen LogP contribution is -2.23. The molecule has 2 aromatic rings. The van der Waals surface area contributed by atoms with Crippen LogP contribution in [0.15, 0.2) is 39.9 Å². The number of alkyl halides is 1. The van der Waals surface area contributed by atoms with Gasteiger partial charge in [0.2, 0.25) is 10.0 Å². The molecule has 0 atom stereocenters. The summed E-state index contributed by atoms with van der Waals surface area (Å²) < 4.78 is 27.0. The maximum atomic E-state index is 12.2. The summed E-state index contributed by atoms with van der Waals surface area (Å²) in [6.07, 6.45) is 0.739. The first-order chi connectivity index (χ1) is 9.53. The molecule has 1 aromatic carbocycles. The molecule has 3 nitrogen and oxygen atoms in total. The minimum Gasteiger partial charge on any atom is -0.207 e. The summed E-state index contributed by atoms with van der Waals surface area (Å²) >= 11 is 7.23. The molecule has 2 rings (SSSR count). The molecule has 6 heteroatoms. The molecule has 0 bridgehead atoms. The molecule has 0 aliphatic rings. The van der Waals surface area contributed by atoms with E-state index in [4.69, 9.17) is 11.6 Å². The lowest BCUT2D eigenvalue weighted by molar-refractivity contribution is 0.581. The summed E-state index contributed by atoms with van der Waals surface area (Å²) in [5, 5.41) is 3.96. The fourth-order valence-corrected chi connectivity index (χ4v) is 3.85. The van der Waals surface area contributed by atoms with E-state index in [1.165, 1.54) is 0 Å². The molecule has 108 valence electrons. The van der Waals surface area contributed by atoms with Crippen LogP contribution in [0.5, 0.6) is 0 Å². The standard InChI is InChI=1S/C14H16ClNO2S2/c1-11-9-19-10-13(11)8-16-20(17,18)14-4-2-12(3-5-14)6-7-15/h2-5,9-10,16H,6-8H2,1H3. The van der Waals surface area contributed by atoms with Crippen LogP contribution in [-0.2, 0) is 23.0 Å². The van der Waals surface area contributed by atoms with Crippen LogP contribution in [0.4, 0.5) is 0 Å². The average Bonchev–Trinajstić information content (AvgIpc) is 2.83. The summed E-state index contributed by atoms with van der Waals surface area (Å²) in [4.78, 5) is 0.281. The number of aryl methyl sites for hydroxylation is 2. The van der Waals surface area contributed by atoms with E-state index in [0.29, 0.717) is 12.4 Å². The van der Waals surface area contributed by atoms with Crippen molar-refractivity contribution in [1.82, 2.24) is 4.72 Å². The van der Waals surface area contributed by atoms with Crippen molar-refractivity contribution >= 4 is 33.0 Å². The highest BCUT2D eigenvalue weighted by Gasteiger charge is 2.14. The van der Waals surface area contributed by atoms with Gasteiger partial charge in [-0.25, -0.2) is 13.1 Å². The Morgan fingerprint density at radius 1 is 1.20 bits per heavy atom. The number of rotatable bonds is 6. The zero-order valence-electron chi connectivity index (χ0n) is 11.1. The lowest BCUT2D eigenvalue weighted by Gasteiger charge is -2.07. The predicted molar refractivity (Wildman–Crippen MR) is 83.9 cm³/mol. The van der Waals surface area contributed by atoms with Crippen molar-refractivity contribution in [2.45, 2.75) is 24.8 Å². The Labute approximate surface area is 128 Å². The van der Waals surface area contributed by atoms with Gasteiger partial charge in [0.1, 0.15) is 0 Å². The number of halogens is 1. The predicted octanol–water partition coefficient (Wildman–Crippen LogP) is 3.32. The van der Waals surface area contributed by atoms with E-state index in [1.54, 1.807) is 35.6 Å². The molecule has 0 fully saturated rings. The van der Waals surface area contributed by atoms with Crippen LogP contribution in [0, 0.1) is 6.92 Å². The van der Waals surface area contributed by atoms with E-state index in [9.17, 15) is 8.42 Å². The third-order valence-electron chi connectivity index (χ3n) is 3.03. The van der Waals surface area contributed by atoms with Crippen LogP contribution in [-0.4, -0.2) is 14.3 Å². The summed E-state index contributed by atoms with van der Waals surface area (Å²) in [5.41, 5.74) is 3.15. The minimum absolute atomic E-state index is 0.281. The van der Waals surface area contributed by atoms with E-state index in [-0.39, 0.29) is 4.90 Å². The molecule has 1 heterocycles. The number of sulfonamides is 1. The molecule has 0 radical (unpaired) electrons. The molecular weight excluding hydrogens is 314 g/mol. The summed E-state index contributed by atoms with van der Waals surface area (Å²) in [6.45, 7) is 2.29. The Morgan fingerprint density at radius 3 is 2.45 bits per heavy atom. The summed E-state index contributed by atoms with van der Waals surface area (Å²) in [5.74, 6) is 0.530. The Balaban J connectivity index is 2.08. The van der Waals surface area contributed by atoms with E-state index in [0.717, 1.165) is 23.1 Å². The topological polar surface area (TPSA) is 46.2 Å². The average molecular weight is 330 g/mol. The first kappa shape index (κ1) is 15.5. The van der Waals surface area contributed by atoms with Crippen molar-refractivity contribution in [3.63, 3.8) is 0 Å². The monoisotopic (exact) mass is 329 g/mol. The van der Waals surface area contributed by atoms with Gasteiger partial charge >= 0.3 is 0 Å². The lowest BCUT2D eigenvalue weighted by atomic mass is 10.2. The third-order valence-corrected chi connectivity index (χ3v) is 5.55. The van der Waals surface area contributed by atoms with Crippen molar-refractivity contribution in [2.75, 3.05) is 5.88 Å². The van der Waals surface area contributed by atoms with Gasteiger partial charge in [0.15, 0.2) is 0 Å². The number of thiophene rings is 1. The first-order valence-corrected chi connectivity index (χ1v) is 9.15. The highest BCUT2D eigenvalue weighted by Crippen LogP contribution is 2.16. The van der Waals surface area contributed by atoms with Crippen molar-refractivity contribution in [3.05, 3.63) is 51.7 Å². The molecule has 0 aliphatic heterocycles. The Kier molecular flexibility index (Phi) is 5.21. The second-order valence-electron chi connectivity index (χ2n) is 4.49. The van der Waals surface area contributed by atoms with E-state index in [2.05, 4.69) is 4.72 Å². The Hall–Kier alpha value is -0.880. The maximum absolute atomic E-state index is 12.2. The van der Waals surface area contributed by atoms with Crippen molar-refractivity contribution in [1.29, 1.82) is 0 Å². The van der Waals surface area contributed by atoms with Crippen LogP contribution < -0.4 is 4.72 Å². The van der Waals surface area contributed by atoms with Gasteiger partial charge in [0, 0.05) is 12.4 Å². The van der Waals surface area contributed by atoms with Crippen molar-refractivity contribution in [3.8, 4) is 0 Å². The van der Waals surface area contributed by atoms with Gasteiger partial charge in [0.05, 0.1) is 4.90 Å². The molecule has 0 saturated heterocycles. The van der Waals surface area contributed by atoms with E-state index < -0.39 is 10.0 Å². The normalized spacial score (nSPS) is 11.7. The van der Waals surface area contributed by atoms with Gasteiger partial charge in [-0.1, -0.05) is 12.1 Å². The smallest absolute Gasteiger partial charge is 0.207 e. The summed E-state index contributed by atoms with van der Waals surface area (Å²) in [6, 6.07) is 6.83. The zero-order valence-corrected chi connectivity index (χ0v) is 13.5. The highest BCUT2D eigenvalue weighted by molar-refractivity contribution is 7.89. The fraction of sp³-hybridized carbons (Fsp3) is 0.286. The molecule has 1 N–H and O–H groups in total. The van der Waals surface area contributed by atoms with E-state index in [1.807, 2.05) is 17.7 Å². The zero-order chi connectivity index (χ0) is 14.6. The number of benzene rings is 1. The van der Waals surface area contributed by atoms with Gasteiger partial charge in [-0.15, -0.1) is 11.6 Å². The Morgan fingerprint density at radius 2 is 1.90 bits per heavy atom. The fourth-order valence-electron chi connectivity index (χ4n) is 1.77. The van der Waals surface area contributed by atoms with Crippen LogP contribution in [0.3, 0.4) is 0 Å². The third kappa shape index (κ3) is 3.82.